The molecule has 1 N–H and O–H groups in total. The number of aryl methyl sites for hydroxylation is 1. The zero-order chi connectivity index (χ0) is 15.5. The van der Waals surface area contributed by atoms with Gasteiger partial charge in [0.15, 0.2) is 0 Å². The summed E-state index contributed by atoms with van der Waals surface area (Å²) in [5.41, 5.74) is 1.97. The van der Waals surface area contributed by atoms with E-state index < -0.39 is 5.54 Å². The Labute approximate surface area is 138 Å². The standard InChI is InChI=1S/C17H17BrClNO/c1-12-8-9-14(18)10-15(12)16(21)20-17(2,11-19)13-6-4-3-5-7-13/h3-10H,11H2,1-2H3,(H,20,21). The van der Waals surface area contributed by atoms with Crippen molar-refractivity contribution in [2.45, 2.75) is 19.4 Å². The summed E-state index contributed by atoms with van der Waals surface area (Å²) >= 11 is 9.52. The number of rotatable bonds is 4. The normalized spacial score (nSPS) is 13.5. The van der Waals surface area contributed by atoms with E-state index in [1.807, 2.05) is 62.4 Å². The molecule has 0 aromatic heterocycles. The van der Waals surface area contributed by atoms with E-state index in [1.54, 1.807) is 0 Å². The van der Waals surface area contributed by atoms with Crippen LogP contribution in [0.5, 0.6) is 0 Å². The molecule has 2 aromatic carbocycles. The molecular formula is C17H17BrClNO. The predicted molar refractivity (Wildman–Crippen MR) is 90.9 cm³/mol. The minimum atomic E-state index is -0.603. The number of halogens is 2. The smallest absolute Gasteiger partial charge is 0.252 e. The summed E-state index contributed by atoms with van der Waals surface area (Å²) in [6, 6.07) is 15.4. The molecule has 0 bridgehead atoms. The first-order valence-corrected chi connectivity index (χ1v) is 7.99. The van der Waals surface area contributed by atoms with Gasteiger partial charge in [0.25, 0.3) is 5.91 Å². The highest BCUT2D eigenvalue weighted by molar-refractivity contribution is 9.10. The third-order valence-corrected chi connectivity index (χ3v) is 4.54. The largest absolute Gasteiger partial charge is 0.342 e. The Balaban J connectivity index is 2.30. The highest BCUT2D eigenvalue weighted by Crippen LogP contribution is 2.24. The van der Waals surface area contributed by atoms with Crippen LogP contribution in [0, 0.1) is 6.92 Å². The maximum atomic E-state index is 12.6. The van der Waals surface area contributed by atoms with Crippen LogP contribution in [0.4, 0.5) is 0 Å². The molecule has 21 heavy (non-hydrogen) atoms. The summed E-state index contributed by atoms with van der Waals surface area (Å²) in [5.74, 6) is 0.177. The molecular weight excluding hydrogens is 350 g/mol. The zero-order valence-corrected chi connectivity index (χ0v) is 14.3. The molecule has 0 fully saturated rings. The molecule has 2 rings (SSSR count). The monoisotopic (exact) mass is 365 g/mol. The average molecular weight is 367 g/mol. The van der Waals surface area contributed by atoms with Gasteiger partial charge >= 0.3 is 0 Å². The lowest BCUT2D eigenvalue weighted by atomic mass is 9.93. The second-order valence-electron chi connectivity index (χ2n) is 5.25. The first-order valence-electron chi connectivity index (χ1n) is 6.66. The van der Waals surface area contributed by atoms with Gasteiger partial charge in [-0.25, -0.2) is 0 Å². The van der Waals surface area contributed by atoms with Crippen LogP contribution in [0.1, 0.15) is 28.4 Å². The van der Waals surface area contributed by atoms with Crippen LogP contribution in [0.25, 0.3) is 0 Å². The highest BCUT2D eigenvalue weighted by Gasteiger charge is 2.28. The molecule has 0 spiro atoms. The summed E-state index contributed by atoms with van der Waals surface area (Å²) in [7, 11) is 0. The van der Waals surface area contributed by atoms with E-state index in [4.69, 9.17) is 11.6 Å². The number of amides is 1. The average Bonchev–Trinajstić information content (AvgIpc) is 2.50. The molecule has 0 saturated heterocycles. The Kier molecular flexibility index (Phi) is 5.07. The number of alkyl halides is 1. The van der Waals surface area contributed by atoms with E-state index in [0.717, 1.165) is 15.6 Å². The molecule has 0 aliphatic heterocycles. The van der Waals surface area contributed by atoms with Crippen LogP contribution in [0.15, 0.2) is 53.0 Å². The van der Waals surface area contributed by atoms with Crippen molar-refractivity contribution in [2.24, 2.45) is 0 Å². The zero-order valence-electron chi connectivity index (χ0n) is 12.0. The van der Waals surface area contributed by atoms with Crippen LogP contribution in [-0.4, -0.2) is 11.8 Å². The van der Waals surface area contributed by atoms with Gasteiger partial charge in [0, 0.05) is 15.9 Å². The fourth-order valence-corrected chi connectivity index (χ4v) is 2.73. The molecule has 2 aromatic rings. The number of nitrogens with one attached hydrogen (secondary N) is 1. The fraction of sp³-hybridized carbons (Fsp3) is 0.235. The Morgan fingerprint density at radius 1 is 1.24 bits per heavy atom. The lowest BCUT2D eigenvalue weighted by molar-refractivity contribution is 0.0912. The maximum absolute atomic E-state index is 12.6. The van der Waals surface area contributed by atoms with Crippen molar-refractivity contribution in [3.63, 3.8) is 0 Å². The molecule has 0 radical (unpaired) electrons. The van der Waals surface area contributed by atoms with E-state index in [-0.39, 0.29) is 5.91 Å². The van der Waals surface area contributed by atoms with E-state index in [2.05, 4.69) is 21.2 Å². The fourth-order valence-electron chi connectivity index (χ4n) is 2.15. The molecule has 0 aliphatic rings. The van der Waals surface area contributed by atoms with Gasteiger partial charge in [0.05, 0.1) is 5.54 Å². The van der Waals surface area contributed by atoms with Crippen LogP contribution < -0.4 is 5.32 Å². The first-order chi connectivity index (χ1) is 9.96. The maximum Gasteiger partial charge on any atom is 0.252 e. The third kappa shape index (κ3) is 3.66. The van der Waals surface area contributed by atoms with Gasteiger partial charge < -0.3 is 5.32 Å². The molecule has 4 heteroatoms. The minimum absolute atomic E-state index is 0.124. The number of hydrogen-bond donors (Lipinski definition) is 1. The van der Waals surface area contributed by atoms with Crippen LogP contribution in [-0.2, 0) is 5.54 Å². The number of hydrogen-bond acceptors (Lipinski definition) is 1. The summed E-state index contributed by atoms with van der Waals surface area (Å²) in [6.45, 7) is 3.85. The van der Waals surface area contributed by atoms with Gasteiger partial charge in [-0.1, -0.05) is 52.3 Å². The van der Waals surface area contributed by atoms with E-state index in [1.165, 1.54) is 0 Å². The summed E-state index contributed by atoms with van der Waals surface area (Å²) in [4.78, 5) is 12.6. The molecule has 0 aliphatic carbocycles. The third-order valence-electron chi connectivity index (χ3n) is 3.51. The van der Waals surface area contributed by atoms with Crippen molar-refractivity contribution in [3.05, 3.63) is 69.7 Å². The van der Waals surface area contributed by atoms with E-state index in [0.29, 0.717) is 11.4 Å². The Bertz CT molecular complexity index is 644. The molecule has 110 valence electrons. The summed E-state index contributed by atoms with van der Waals surface area (Å²) < 4.78 is 0.880. The van der Waals surface area contributed by atoms with Gasteiger partial charge in [-0.15, -0.1) is 11.6 Å². The topological polar surface area (TPSA) is 29.1 Å². The quantitative estimate of drug-likeness (QED) is 0.785. The molecule has 0 heterocycles. The van der Waals surface area contributed by atoms with Gasteiger partial charge in [0.2, 0.25) is 0 Å². The van der Waals surface area contributed by atoms with Crippen molar-refractivity contribution in [3.8, 4) is 0 Å². The van der Waals surface area contributed by atoms with Crippen molar-refractivity contribution in [2.75, 3.05) is 5.88 Å². The first kappa shape index (κ1) is 16.1. The molecule has 1 amide bonds. The molecule has 1 atom stereocenters. The van der Waals surface area contributed by atoms with Gasteiger partial charge in [-0.2, -0.15) is 0 Å². The lowest BCUT2D eigenvalue weighted by Gasteiger charge is -2.29. The number of carbonyl (C=O) groups excluding carboxylic acids is 1. The Morgan fingerprint density at radius 3 is 2.52 bits per heavy atom. The SMILES string of the molecule is Cc1ccc(Br)cc1C(=O)NC(C)(CCl)c1ccccc1. The van der Waals surface area contributed by atoms with E-state index >= 15 is 0 Å². The second-order valence-corrected chi connectivity index (χ2v) is 6.43. The van der Waals surface area contributed by atoms with Crippen molar-refractivity contribution in [1.29, 1.82) is 0 Å². The highest BCUT2D eigenvalue weighted by atomic mass is 79.9. The van der Waals surface area contributed by atoms with E-state index in [9.17, 15) is 4.79 Å². The van der Waals surface area contributed by atoms with Crippen LogP contribution in [0.2, 0.25) is 0 Å². The predicted octanol–water partition coefficient (Wildman–Crippen LogP) is 4.64. The molecule has 1 unspecified atom stereocenters. The minimum Gasteiger partial charge on any atom is -0.342 e. The van der Waals surface area contributed by atoms with Crippen molar-refractivity contribution >= 4 is 33.4 Å². The van der Waals surface area contributed by atoms with Gasteiger partial charge in [-0.05, 0) is 37.1 Å². The van der Waals surface area contributed by atoms with Gasteiger partial charge in [-0.3, -0.25) is 4.79 Å². The number of benzene rings is 2. The number of carbonyl (C=O) groups is 1. The Morgan fingerprint density at radius 2 is 1.90 bits per heavy atom. The Hall–Kier alpha value is -1.32. The molecule has 2 nitrogen and oxygen atoms in total. The van der Waals surface area contributed by atoms with Crippen LogP contribution in [0.3, 0.4) is 0 Å². The van der Waals surface area contributed by atoms with Crippen molar-refractivity contribution in [1.82, 2.24) is 5.32 Å². The summed E-state index contributed by atoms with van der Waals surface area (Å²) in [5, 5.41) is 3.05. The second kappa shape index (κ2) is 6.63. The molecule has 0 saturated carbocycles. The summed E-state index contributed by atoms with van der Waals surface area (Å²) in [6.07, 6.45) is 0. The van der Waals surface area contributed by atoms with Crippen molar-refractivity contribution < 1.29 is 4.79 Å². The van der Waals surface area contributed by atoms with Crippen LogP contribution >= 0.6 is 27.5 Å². The lowest BCUT2D eigenvalue weighted by Crippen LogP contribution is -2.45. The van der Waals surface area contributed by atoms with Gasteiger partial charge in [0.1, 0.15) is 0 Å².